The van der Waals surface area contributed by atoms with Gasteiger partial charge in [-0.2, -0.15) is 0 Å². The number of hydrogen-bond donors (Lipinski definition) is 0. The van der Waals surface area contributed by atoms with Gasteiger partial charge in [0.1, 0.15) is 0 Å². The summed E-state index contributed by atoms with van der Waals surface area (Å²) < 4.78 is 0. The Kier molecular flexibility index (Phi) is 12.7. The van der Waals surface area contributed by atoms with Crippen LogP contribution in [0.5, 0.6) is 0 Å². The predicted octanol–water partition coefficient (Wildman–Crippen LogP) is 10.7. The monoisotopic (exact) mass is 597 g/mol. The third-order valence-corrected chi connectivity index (χ3v) is 8.47. The predicted molar refractivity (Wildman–Crippen MR) is 203 cm³/mol. The maximum atomic E-state index is 2.37. The van der Waals surface area contributed by atoms with Crippen molar-refractivity contribution in [2.45, 2.75) is 41.5 Å². The van der Waals surface area contributed by atoms with Gasteiger partial charge in [0.05, 0.1) is 0 Å². The molecule has 0 saturated carbocycles. The van der Waals surface area contributed by atoms with Gasteiger partial charge in [0.2, 0.25) is 0 Å². The first kappa shape index (κ1) is 33.4. The molecule has 4 rings (SSSR count). The zero-order chi connectivity index (χ0) is 32.0. The quantitative estimate of drug-likeness (QED) is 0.126. The largest absolute Gasteiger partial charge is 0.372 e. The molecule has 0 spiro atoms. The molecular formula is C42H51N3. The summed E-state index contributed by atoms with van der Waals surface area (Å²) in [5, 5.41) is 0. The zero-order valence-corrected chi connectivity index (χ0v) is 28.2. The molecule has 0 radical (unpaired) electrons. The highest BCUT2D eigenvalue weighted by atomic mass is 15.1. The lowest BCUT2D eigenvalue weighted by Crippen LogP contribution is -2.21. The number of benzene rings is 4. The van der Waals surface area contributed by atoms with Crippen LogP contribution >= 0.6 is 0 Å². The van der Waals surface area contributed by atoms with Crippen LogP contribution in [0.3, 0.4) is 0 Å². The molecule has 0 N–H and O–H groups in total. The Morgan fingerprint density at radius 3 is 0.711 bits per heavy atom. The van der Waals surface area contributed by atoms with Crippen molar-refractivity contribution in [2.24, 2.45) is 0 Å². The first-order valence-corrected chi connectivity index (χ1v) is 16.7. The molecule has 0 amide bonds. The summed E-state index contributed by atoms with van der Waals surface area (Å²) in [6.07, 6.45) is 13.3. The van der Waals surface area contributed by atoms with Crippen molar-refractivity contribution in [3.05, 3.63) is 124 Å². The maximum absolute atomic E-state index is 2.37. The fraction of sp³-hybridized carbons (Fsp3) is 0.286. The fourth-order valence-electron chi connectivity index (χ4n) is 5.72. The standard InChI is InChI=1S/C42H51N3/c1-7-43(8-2)40-25-19-34(20-26-40)13-16-37-31-38(17-14-35-21-27-41(28-22-35)44(9-3)10-4)33-39(32-37)18-15-36-23-29-42(30-24-36)45(11-5)12-6/h13-33H,7-12H2,1-6H3. The molecule has 0 fully saturated rings. The molecule has 0 bridgehead atoms. The van der Waals surface area contributed by atoms with Crippen molar-refractivity contribution >= 4 is 53.5 Å². The van der Waals surface area contributed by atoms with Gasteiger partial charge in [0.15, 0.2) is 0 Å². The van der Waals surface area contributed by atoms with E-state index in [1.165, 1.54) is 50.4 Å². The minimum atomic E-state index is 1.02. The first-order chi connectivity index (χ1) is 22.0. The van der Waals surface area contributed by atoms with Crippen LogP contribution < -0.4 is 14.7 Å². The van der Waals surface area contributed by atoms with E-state index in [0.717, 1.165) is 39.3 Å². The second-order valence-electron chi connectivity index (χ2n) is 11.2. The Labute approximate surface area is 272 Å². The summed E-state index contributed by atoms with van der Waals surface area (Å²) >= 11 is 0. The van der Waals surface area contributed by atoms with Crippen molar-refractivity contribution in [3.8, 4) is 0 Å². The van der Waals surface area contributed by atoms with Gasteiger partial charge in [0, 0.05) is 56.3 Å². The Balaban J connectivity index is 1.60. The minimum absolute atomic E-state index is 1.02. The lowest BCUT2D eigenvalue weighted by atomic mass is 10.0. The molecule has 3 nitrogen and oxygen atoms in total. The Hall–Kier alpha value is -4.50. The van der Waals surface area contributed by atoms with Crippen LogP contribution in [-0.4, -0.2) is 39.3 Å². The van der Waals surface area contributed by atoms with Crippen LogP contribution in [0, 0.1) is 0 Å². The average molecular weight is 598 g/mol. The van der Waals surface area contributed by atoms with Gasteiger partial charge in [-0.25, -0.2) is 0 Å². The molecule has 0 aliphatic heterocycles. The van der Waals surface area contributed by atoms with Crippen LogP contribution in [0.2, 0.25) is 0 Å². The number of nitrogens with zero attached hydrogens (tertiary/aromatic N) is 3. The summed E-state index contributed by atoms with van der Waals surface area (Å²) in [5.41, 5.74) is 10.9. The summed E-state index contributed by atoms with van der Waals surface area (Å²) in [4.78, 5) is 7.11. The molecule has 3 heteroatoms. The van der Waals surface area contributed by atoms with Gasteiger partial charge in [-0.05, 0) is 130 Å². The van der Waals surface area contributed by atoms with Crippen LogP contribution in [0.4, 0.5) is 17.1 Å². The lowest BCUT2D eigenvalue weighted by molar-refractivity contribution is 0.866. The highest BCUT2D eigenvalue weighted by Crippen LogP contribution is 2.22. The molecule has 4 aromatic rings. The van der Waals surface area contributed by atoms with Crippen LogP contribution in [0.15, 0.2) is 91.0 Å². The van der Waals surface area contributed by atoms with Gasteiger partial charge < -0.3 is 14.7 Å². The summed E-state index contributed by atoms with van der Waals surface area (Å²) in [6.45, 7) is 19.3. The van der Waals surface area contributed by atoms with E-state index in [4.69, 9.17) is 0 Å². The van der Waals surface area contributed by atoms with Crippen molar-refractivity contribution in [3.63, 3.8) is 0 Å². The van der Waals surface area contributed by atoms with Crippen molar-refractivity contribution in [1.82, 2.24) is 0 Å². The van der Waals surface area contributed by atoms with E-state index < -0.39 is 0 Å². The van der Waals surface area contributed by atoms with E-state index in [2.05, 4.69) is 184 Å². The first-order valence-electron chi connectivity index (χ1n) is 16.7. The minimum Gasteiger partial charge on any atom is -0.372 e. The highest BCUT2D eigenvalue weighted by molar-refractivity contribution is 5.79. The van der Waals surface area contributed by atoms with E-state index in [0.29, 0.717) is 0 Å². The molecule has 4 aromatic carbocycles. The van der Waals surface area contributed by atoms with E-state index in [1.807, 2.05) is 0 Å². The second kappa shape index (κ2) is 17.1. The molecule has 0 unspecified atom stereocenters. The normalized spacial score (nSPS) is 11.6. The van der Waals surface area contributed by atoms with Crippen molar-refractivity contribution < 1.29 is 0 Å². The van der Waals surface area contributed by atoms with E-state index in [9.17, 15) is 0 Å². The van der Waals surface area contributed by atoms with Crippen molar-refractivity contribution in [1.29, 1.82) is 0 Å². The Morgan fingerprint density at radius 1 is 0.311 bits per heavy atom. The Morgan fingerprint density at radius 2 is 0.511 bits per heavy atom. The Bertz CT molecular complexity index is 1330. The lowest BCUT2D eigenvalue weighted by Gasteiger charge is -2.20. The number of anilines is 3. The van der Waals surface area contributed by atoms with Crippen LogP contribution in [0.1, 0.15) is 74.9 Å². The molecule has 234 valence electrons. The third-order valence-electron chi connectivity index (χ3n) is 8.47. The van der Waals surface area contributed by atoms with Gasteiger partial charge in [0.25, 0.3) is 0 Å². The average Bonchev–Trinajstić information content (AvgIpc) is 3.09. The van der Waals surface area contributed by atoms with Crippen LogP contribution in [0.25, 0.3) is 36.5 Å². The smallest absolute Gasteiger partial charge is 0.0366 e. The van der Waals surface area contributed by atoms with Gasteiger partial charge in [-0.3, -0.25) is 0 Å². The SMILES string of the molecule is CCN(CC)c1ccc(C=Cc2cc(C=Cc3ccc(N(CC)CC)cc3)cc(C=Cc3ccc(N(CC)CC)cc3)c2)cc1. The second-order valence-corrected chi connectivity index (χ2v) is 11.2. The van der Waals surface area contributed by atoms with E-state index in [1.54, 1.807) is 0 Å². The number of rotatable bonds is 15. The molecule has 45 heavy (non-hydrogen) atoms. The molecule has 0 aliphatic rings. The molecule has 0 heterocycles. The van der Waals surface area contributed by atoms with Gasteiger partial charge in [-0.15, -0.1) is 0 Å². The summed E-state index contributed by atoms with van der Waals surface area (Å²) in [7, 11) is 0. The zero-order valence-electron chi connectivity index (χ0n) is 28.2. The molecule has 0 saturated heterocycles. The number of hydrogen-bond acceptors (Lipinski definition) is 3. The summed E-state index contributed by atoms with van der Waals surface area (Å²) in [5.74, 6) is 0. The molecule has 0 atom stereocenters. The maximum Gasteiger partial charge on any atom is 0.0366 e. The highest BCUT2D eigenvalue weighted by Gasteiger charge is 2.03. The van der Waals surface area contributed by atoms with E-state index in [-0.39, 0.29) is 0 Å². The van der Waals surface area contributed by atoms with E-state index >= 15 is 0 Å². The van der Waals surface area contributed by atoms with Crippen LogP contribution in [-0.2, 0) is 0 Å². The topological polar surface area (TPSA) is 9.72 Å². The van der Waals surface area contributed by atoms with Gasteiger partial charge in [-0.1, -0.05) is 72.9 Å². The third kappa shape index (κ3) is 9.49. The molecule has 0 aliphatic carbocycles. The molecular weight excluding hydrogens is 546 g/mol. The molecule has 0 aromatic heterocycles. The van der Waals surface area contributed by atoms with Gasteiger partial charge >= 0.3 is 0 Å². The van der Waals surface area contributed by atoms with Crippen molar-refractivity contribution in [2.75, 3.05) is 54.0 Å². The summed E-state index contributed by atoms with van der Waals surface area (Å²) in [6, 6.07) is 33.3. The fourth-order valence-corrected chi connectivity index (χ4v) is 5.72.